The largest absolute Gasteiger partial charge is 0.477 e. The van der Waals surface area contributed by atoms with Gasteiger partial charge >= 0.3 is 5.97 Å². The molecular formula is C24H16ClNO4. The van der Waals surface area contributed by atoms with E-state index in [0.29, 0.717) is 38.8 Å². The summed E-state index contributed by atoms with van der Waals surface area (Å²) in [5, 5.41) is 11.3. The van der Waals surface area contributed by atoms with Gasteiger partial charge < -0.3 is 5.11 Å². The fourth-order valence-corrected chi connectivity index (χ4v) is 3.75. The Kier molecular flexibility index (Phi) is 5.21. The maximum atomic E-state index is 13.3. The summed E-state index contributed by atoms with van der Waals surface area (Å²) < 4.78 is 1.27. The summed E-state index contributed by atoms with van der Waals surface area (Å²) in [7, 11) is 0. The second-order valence-corrected chi connectivity index (χ2v) is 7.27. The van der Waals surface area contributed by atoms with Crippen LogP contribution in [-0.2, 0) is 6.54 Å². The first-order chi connectivity index (χ1) is 14.5. The topological polar surface area (TPSA) is 76.4 Å². The molecule has 0 bridgehead atoms. The van der Waals surface area contributed by atoms with Gasteiger partial charge in [-0.15, -0.1) is 0 Å². The van der Waals surface area contributed by atoms with Gasteiger partial charge in [-0.25, -0.2) is 4.79 Å². The Bertz CT molecular complexity index is 1330. The molecular weight excluding hydrogens is 402 g/mol. The van der Waals surface area contributed by atoms with E-state index in [-0.39, 0.29) is 12.2 Å². The van der Waals surface area contributed by atoms with E-state index in [0.717, 1.165) is 5.56 Å². The van der Waals surface area contributed by atoms with Crippen molar-refractivity contribution in [2.24, 2.45) is 0 Å². The zero-order valence-electron chi connectivity index (χ0n) is 15.7. The minimum atomic E-state index is -1.22. The quantitative estimate of drug-likeness (QED) is 0.469. The molecule has 4 rings (SSSR count). The van der Waals surface area contributed by atoms with Gasteiger partial charge in [0.05, 0.1) is 6.54 Å². The van der Waals surface area contributed by atoms with Gasteiger partial charge in [0.1, 0.15) is 12.0 Å². The van der Waals surface area contributed by atoms with Crippen LogP contribution in [0.5, 0.6) is 0 Å². The molecule has 0 radical (unpaired) electrons. The Balaban J connectivity index is 2.11. The molecule has 1 aromatic heterocycles. The van der Waals surface area contributed by atoms with E-state index in [2.05, 4.69) is 0 Å². The van der Waals surface area contributed by atoms with E-state index in [1.165, 1.54) is 4.57 Å². The third-order valence-electron chi connectivity index (χ3n) is 4.95. The number of aromatic carboxylic acids is 1. The molecule has 0 spiro atoms. The second kappa shape index (κ2) is 7.97. The van der Waals surface area contributed by atoms with Crippen LogP contribution in [0.15, 0.2) is 77.6 Å². The van der Waals surface area contributed by atoms with Gasteiger partial charge in [-0.05, 0) is 34.7 Å². The maximum Gasteiger partial charge on any atom is 0.353 e. The van der Waals surface area contributed by atoms with Gasteiger partial charge in [-0.1, -0.05) is 66.2 Å². The number of carboxylic acids is 1. The van der Waals surface area contributed by atoms with Crippen molar-refractivity contribution in [3.63, 3.8) is 0 Å². The van der Waals surface area contributed by atoms with Crippen LogP contribution in [0.25, 0.3) is 21.9 Å². The molecule has 6 heteroatoms. The zero-order valence-corrected chi connectivity index (χ0v) is 16.5. The van der Waals surface area contributed by atoms with E-state index in [4.69, 9.17) is 11.6 Å². The summed E-state index contributed by atoms with van der Waals surface area (Å²) in [6.07, 6.45) is 0.715. The van der Waals surface area contributed by atoms with Crippen molar-refractivity contribution in [2.75, 3.05) is 0 Å². The molecule has 0 aliphatic heterocycles. The standard InChI is InChI=1S/C24H16ClNO4/c25-18-10-11-19-20(12-18)21(17-8-6-16(14-27)7-9-17)22(24(29)30)26(23(19)28)13-15-4-2-1-3-5-15/h1-12,14H,13H2,(H,29,30). The number of pyridine rings is 1. The molecule has 148 valence electrons. The number of carbonyl (C=O) groups is 2. The lowest BCUT2D eigenvalue weighted by Gasteiger charge is -2.18. The van der Waals surface area contributed by atoms with Crippen LogP contribution in [0.2, 0.25) is 5.02 Å². The van der Waals surface area contributed by atoms with Gasteiger partial charge in [0.15, 0.2) is 0 Å². The minimum Gasteiger partial charge on any atom is -0.477 e. The van der Waals surface area contributed by atoms with Gasteiger partial charge in [0.25, 0.3) is 5.56 Å². The number of aromatic nitrogens is 1. The van der Waals surface area contributed by atoms with Crippen LogP contribution in [0.4, 0.5) is 0 Å². The summed E-state index contributed by atoms with van der Waals surface area (Å²) in [5.74, 6) is -1.22. The third-order valence-corrected chi connectivity index (χ3v) is 5.19. The Morgan fingerprint density at radius 1 is 0.967 bits per heavy atom. The van der Waals surface area contributed by atoms with E-state index < -0.39 is 11.5 Å². The molecule has 0 unspecified atom stereocenters. The van der Waals surface area contributed by atoms with Crippen molar-refractivity contribution >= 4 is 34.6 Å². The predicted molar refractivity (Wildman–Crippen MR) is 117 cm³/mol. The molecule has 5 nitrogen and oxygen atoms in total. The van der Waals surface area contributed by atoms with Crippen molar-refractivity contribution < 1.29 is 14.7 Å². The van der Waals surface area contributed by atoms with Gasteiger partial charge in [-0.3, -0.25) is 14.2 Å². The highest BCUT2D eigenvalue weighted by Crippen LogP contribution is 2.33. The summed E-state index contributed by atoms with van der Waals surface area (Å²) in [4.78, 5) is 36.7. The van der Waals surface area contributed by atoms with Crippen LogP contribution in [0.1, 0.15) is 26.4 Å². The minimum absolute atomic E-state index is 0.110. The average molecular weight is 418 g/mol. The lowest BCUT2D eigenvalue weighted by Crippen LogP contribution is -2.28. The van der Waals surface area contributed by atoms with Crippen molar-refractivity contribution in [3.05, 3.63) is 105 Å². The third kappa shape index (κ3) is 3.51. The van der Waals surface area contributed by atoms with Gasteiger partial charge in [-0.2, -0.15) is 0 Å². The van der Waals surface area contributed by atoms with Crippen molar-refractivity contribution in [1.29, 1.82) is 0 Å². The number of hydrogen-bond acceptors (Lipinski definition) is 3. The molecule has 3 aromatic carbocycles. The number of benzene rings is 3. The first-order valence-corrected chi connectivity index (χ1v) is 9.56. The summed E-state index contributed by atoms with van der Waals surface area (Å²) in [5.41, 5.74) is 1.70. The number of rotatable bonds is 5. The Morgan fingerprint density at radius 2 is 1.67 bits per heavy atom. The summed E-state index contributed by atoms with van der Waals surface area (Å²) in [6.45, 7) is 0.110. The number of aldehydes is 1. The number of hydrogen-bond donors (Lipinski definition) is 1. The molecule has 0 atom stereocenters. The van der Waals surface area contributed by atoms with Crippen molar-refractivity contribution in [2.45, 2.75) is 6.54 Å². The number of carboxylic acid groups (broad SMARTS) is 1. The molecule has 0 saturated heterocycles. The van der Waals surface area contributed by atoms with Gasteiger partial charge in [0, 0.05) is 21.5 Å². The van der Waals surface area contributed by atoms with Crippen LogP contribution in [-0.4, -0.2) is 21.9 Å². The Hall–Kier alpha value is -3.70. The number of halogens is 1. The second-order valence-electron chi connectivity index (χ2n) is 6.84. The molecule has 0 aliphatic carbocycles. The number of carbonyl (C=O) groups excluding carboxylic acids is 1. The summed E-state index contributed by atoms with van der Waals surface area (Å²) >= 11 is 6.18. The van der Waals surface area contributed by atoms with E-state index in [1.807, 2.05) is 30.3 Å². The fraction of sp³-hybridized carbons (Fsp3) is 0.0417. The molecule has 1 heterocycles. The first-order valence-electron chi connectivity index (χ1n) is 9.18. The highest BCUT2D eigenvalue weighted by molar-refractivity contribution is 6.31. The van der Waals surface area contributed by atoms with Crippen LogP contribution >= 0.6 is 11.6 Å². The molecule has 0 fully saturated rings. The number of fused-ring (bicyclic) bond motifs is 1. The van der Waals surface area contributed by atoms with Crippen LogP contribution in [0.3, 0.4) is 0 Å². The summed E-state index contributed by atoms with van der Waals surface area (Å²) in [6, 6.07) is 20.6. The SMILES string of the molecule is O=Cc1ccc(-c2c(C(=O)O)n(Cc3ccccc3)c(=O)c3ccc(Cl)cc23)cc1. The predicted octanol–water partition coefficient (Wildman–Crippen LogP) is 4.88. The number of nitrogens with zero attached hydrogens (tertiary/aromatic N) is 1. The van der Waals surface area contributed by atoms with Gasteiger partial charge in [0.2, 0.25) is 0 Å². The first kappa shape index (κ1) is 19.6. The van der Waals surface area contributed by atoms with E-state index in [9.17, 15) is 19.5 Å². The van der Waals surface area contributed by atoms with Crippen molar-refractivity contribution in [1.82, 2.24) is 4.57 Å². The average Bonchev–Trinajstić information content (AvgIpc) is 2.76. The van der Waals surface area contributed by atoms with E-state index in [1.54, 1.807) is 42.5 Å². The molecule has 4 aromatic rings. The monoisotopic (exact) mass is 417 g/mol. The Morgan fingerprint density at radius 3 is 2.30 bits per heavy atom. The highest BCUT2D eigenvalue weighted by atomic mass is 35.5. The highest BCUT2D eigenvalue weighted by Gasteiger charge is 2.23. The Labute approximate surface area is 176 Å². The zero-order chi connectivity index (χ0) is 21.3. The lowest BCUT2D eigenvalue weighted by molar-refractivity contribution is 0.0685. The molecule has 1 N–H and O–H groups in total. The van der Waals surface area contributed by atoms with Crippen molar-refractivity contribution in [3.8, 4) is 11.1 Å². The molecule has 0 amide bonds. The maximum absolute atomic E-state index is 13.3. The molecule has 0 aliphatic rings. The molecule has 30 heavy (non-hydrogen) atoms. The normalized spacial score (nSPS) is 10.8. The van der Waals surface area contributed by atoms with Crippen LogP contribution in [0, 0.1) is 0 Å². The smallest absolute Gasteiger partial charge is 0.353 e. The van der Waals surface area contributed by atoms with Crippen LogP contribution < -0.4 is 5.56 Å². The van der Waals surface area contributed by atoms with E-state index >= 15 is 0 Å². The molecule has 0 saturated carbocycles. The lowest BCUT2D eigenvalue weighted by atomic mass is 9.95. The fourth-order valence-electron chi connectivity index (χ4n) is 3.58.